The third kappa shape index (κ3) is 2.96. The van der Waals surface area contributed by atoms with E-state index in [1.807, 2.05) is 0 Å². The van der Waals surface area contributed by atoms with Gasteiger partial charge in [0.2, 0.25) is 0 Å². The van der Waals surface area contributed by atoms with Gasteiger partial charge in [0.15, 0.2) is 0 Å². The van der Waals surface area contributed by atoms with Crippen LogP contribution in [0.25, 0.3) is 0 Å². The molecule has 2 nitrogen and oxygen atoms in total. The van der Waals surface area contributed by atoms with Gasteiger partial charge in [0, 0.05) is 17.5 Å². The predicted molar refractivity (Wildman–Crippen MR) is 88.0 cm³/mol. The van der Waals surface area contributed by atoms with Gasteiger partial charge < -0.3 is 10.5 Å². The molecule has 0 bridgehead atoms. The summed E-state index contributed by atoms with van der Waals surface area (Å²) < 4.78 is 6.30. The molecule has 2 N–H and O–H groups in total. The summed E-state index contributed by atoms with van der Waals surface area (Å²) in [7, 11) is 0. The fourth-order valence-corrected chi connectivity index (χ4v) is 3.69. The molecule has 0 amide bonds. The van der Waals surface area contributed by atoms with Crippen LogP contribution in [-0.2, 0) is 5.41 Å². The molecule has 0 spiro atoms. The standard InChI is InChI=1S/C19H29NO/c1-14-6-9-17(19(13-20)10-4-3-5-11-19)18(15(14)2)21-12-16-7-8-16/h6,9,16H,3-5,7-8,10-13,20H2,1-2H3. The van der Waals surface area contributed by atoms with E-state index in [1.54, 1.807) is 0 Å². The average molecular weight is 287 g/mol. The van der Waals surface area contributed by atoms with Gasteiger partial charge in [-0.15, -0.1) is 0 Å². The minimum Gasteiger partial charge on any atom is -0.493 e. The summed E-state index contributed by atoms with van der Waals surface area (Å²) in [5.74, 6) is 1.94. The fraction of sp³-hybridized carbons (Fsp3) is 0.684. The molecule has 2 fully saturated rings. The Morgan fingerprint density at radius 3 is 2.48 bits per heavy atom. The Hall–Kier alpha value is -1.02. The Morgan fingerprint density at radius 1 is 1.14 bits per heavy atom. The third-order valence-corrected chi connectivity index (χ3v) is 5.61. The molecule has 116 valence electrons. The number of nitrogens with two attached hydrogens (primary N) is 1. The smallest absolute Gasteiger partial charge is 0.126 e. The van der Waals surface area contributed by atoms with Crippen molar-refractivity contribution >= 4 is 0 Å². The molecule has 1 aromatic rings. The molecule has 2 heteroatoms. The molecule has 0 aromatic heterocycles. The van der Waals surface area contributed by atoms with E-state index in [-0.39, 0.29) is 5.41 Å². The van der Waals surface area contributed by atoms with Gasteiger partial charge in [-0.2, -0.15) is 0 Å². The molecule has 0 radical (unpaired) electrons. The van der Waals surface area contributed by atoms with Crippen LogP contribution >= 0.6 is 0 Å². The van der Waals surface area contributed by atoms with Crippen LogP contribution in [0.5, 0.6) is 5.75 Å². The number of ether oxygens (including phenoxy) is 1. The van der Waals surface area contributed by atoms with Gasteiger partial charge in [0.25, 0.3) is 0 Å². The number of hydrogen-bond donors (Lipinski definition) is 1. The summed E-state index contributed by atoms with van der Waals surface area (Å²) in [4.78, 5) is 0. The third-order valence-electron chi connectivity index (χ3n) is 5.61. The second-order valence-electron chi connectivity index (χ2n) is 7.18. The summed E-state index contributed by atoms with van der Waals surface area (Å²) in [6.07, 6.45) is 9.05. The molecule has 1 aromatic carbocycles. The first kappa shape index (κ1) is 14.9. The molecule has 3 rings (SSSR count). The van der Waals surface area contributed by atoms with Gasteiger partial charge in [-0.25, -0.2) is 0 Å². The van der Waals surface area contributed by atoms with E-state index in [2.05, 4.69) is 26.0 Å². The lowest BCUT2D eigenvalue weighted by molar-refractivity contribution is 0.261. The van der Waals surface area contributed by atoms with E-state index in [0.29, 0.717) is 0 Å². The van der Waals surface area contributed by atoms with Crippen molar-refractivity contribution in [3.63, 3.8) is 0 Å². The Bertz CT molecular complexity index is 499. The van der Waals surface area contributed by atoms with Crippen molar-refractivity contribution in [2.45, 2.75) is 64.2 Å². The maximum absolute atomic E-state index is 6.30. The summed E-state index contributed by atoms with van der Waals surface area (Å²) in [5.41, 5.74) is 10.4. The summed E-state index contributed by atoms with van der Waals surface area (Å²) in [5, 5.41) is 0. The Kier molecular flexibility index (Phi) is 4.26. The minimum absolute atomic E-state index is 0.148. The van der Waals surface area contributed by atoms with Gasteiger partial charge in [-0.1, -0.05) is 31.4 Å². The highest BCUT2D eigenvalue weighted by molar-refractivity contribution is 5.49. The van der Waals surface area contributed by atoms with Crippen LogP contribution in [0.15, 0.2) is 12.1 Å². The molecule has 2 saturated carbocycles. The van der Waals surface area contributed by atoms with Crippen LogP contribution < -0.4 is 10.5 Å². The zero-order chi connectivity index (χ0) is 14.9. The van der Waals surface area contributed by atoms with Gasteiger partial charge in [0.05, 0.1) is 6.61 Å². The second kappa shape index (κ2) is 6.00. The van der Waals surface area contributed by atoms with Crippen molar-refractivity contribution in [3.8, 4) is 5.75 Å². The molecular formula is C19H29NO. The Labute approximate surface area is 129 Å². The average Bonchev–Trinajstić information content (AvgIpc) is 3.33. The number of benzene rings is 1. The van der Waals surface area contributed by atoms with Crippen molar-refractivity contribution in [1.29, 1.82) is 0 Å². The molecule has 0 heterocycles. The molecular weight excluding hydrogens is 258 g/mol. The first-order chi connectivity index (χ1) is 10.2. The first-order valence-corrected chi connectivity index (χ1v) is 8.60. The van der Waals surface area contributed by atoms with E-state index in [9.17, 15) is 0 Å². The fourth-order valence-electron chi connectivity index (χ4n) is 3.69. The largest absolute Gasteiger partial charge is 0.493 e. The van der Waals surface area contributed by atoms with E-state index in [4.69, 9.17) is 10.5 Å². The van der Waals surface area contributed by atoms with Crippen LogP contribution in [0, 0.1) is 19.8 Å². The number of hydrogen-bond acceptors (Lipinski definition) is 2. The summed E-state index contributed by atoms with van der Waals surface area (Å²) in [6, 6.07) is 4.55. The highest BCUT2D eigenvalue weighted by Gasteiger charge is 2.36. The zero-order valence-electron chi connectivity index (χ0n) is 13.6. The topological polar surface area (TPSA) is 35.2 Å². The van der Waals surface area contributed by atoms with Crippen molar-refractivity contribution in [1.82, 2.24) is 0 Å². The van der Waals surface area contributed by atoms with Crippen LogP contribution in [0.4, 0.5) is 0 Å². The Morgan fingerprint density at radius 2 is 1.86 bits per heavy atom. The first-order valence-electron chi connectivity index (χ1n) is 8.60. The number of rotatable bonds is 5. The highest BCUT2D eigenvalue weighted by atomic mass is 16.5. The van der Waals surface area contributed by atoms with Crippen molar-refractivity contribution in [2.24, 2.45) is 11.7 Å². The van der Waals surface area contributed by atoms with Crippen LogP contribution in [-0.4, -0.2) is 13.2 Å². The number of aryl methyl sites for hydroxylation is 1. The predicted octanol–water partition coefficient (Wildman–Crippen LogP) is 4.25. The van der Waals surface area contributed by atoms with Crippen LogP contribution in [0.3, 0.4) is 0 Å². The minimum atomic E-state index is 0.148. The van der Waals surface area contributed by atoms with Crippen molar-refractivity contribution < 1.29 is 4.74 Å². The molecule has 21 heavy (non-hydrogen) atoms. The lowest BCUT2D eigenvalue weighted by Crippen LogP contribution is -2.37. The zero-order valence-corrected chi connectivity index (χ0v) is 13.6. The molecule has 0 atom stereocenters. The maximum atomic E-state index is 6.30. The molecule has 2 aliphatic rings. The Balaban J connectivity index is 1.96. The second-order valence-corrected chi connectivity index (χ2v) is 7.18. The van der Waals surface area contributed by atoms with E-state index in [0.717, 1.165) is 24.8 Å². The maximum Gasteiger partial charge on any atom is 0.126 e. The van der Waals surface area contributed by atoms with Crippen LogP contribution in [0.1, 0.15) is 61.6 Å². The van der Waals surface area contributed by atoms with Gasteiger partial charge in [0.1, 0.15) is 5.75 Å². The lowest BCUT2D eigenvalue weighted by Gasteiger charge is -2.38. The van der Waals surface area contributed by atoms with Crippen molar-refractivity contribution in [2.75, 3.05) is 13.2 Å². The summed E-state index contributed by atoms with van der Waals surface area (Å²) >= 11 is 0. The van der Waals surface area contributed by atoms with E-state index < -0.39 is 0 Å². The van der Waals surface area contributed by atoms with Gasteiger partial charge >= 0.3 is 0 Å². The molecule has 0 unspecified atom stereocenters. The van der Waals surface area contributed by atoms with Gasteiger partial charge in [-0.3, -0.25) is 0 Å². The molecule has 2 aliphatic carbocycles. The SMILES string of the molecule is Cc1ccc(C2(CN)CCCCC2)c(OCC2CC2)c1C. The highest BCUT2D eigenvalue weighted by Crippen LogP contribution is 2.44. The molecule has 0 saturated heterocycles. The van der Waals surface area contributed by atoms with E-state index in [1.165, 1.54) is 61.6 Å². The quantitative estimate of drug-likeness (QED) is 0.878. The lowest BCUT2D eigenvalue weighted by atomic mass is 9.68. The normalized spacial score (nSPS) is 21.3. The van der Waals surface area contributed by atoms with Gasteiger partial charge in [-0.05, 0) is 56.6 Å². The molecule has 0 aliphatic heterocycles. The summed E-state index contributed by atoms with van der Waals surface area (Å²) in [6.45, 7) is 6.01. The van der Waals surface area contributed by atoms with Crippen molar-refractivity contribution in [3.05, 3.63) is 28.8 Å². The van der Waals surface area contributed by atoms with Crippen LogP contribution in [0.2, 0.25) is 0 Å². The van der Waals surface area contributed by atoms with E-state index >= 15 is 0 Å². The monoisotopic (exact) mass is 287 g/mol.